The molecule has 8 nitrogen and oxygen atoms in total. The zero-order chi connectivity index (χ0) is 13.9. The van der Waals surface area contributed by atoms with Crippen molar-refractivity contribution >= 4 is 22.3 Å². The first kappa shape index (κ1) is 15.7. The van der Waals surface area contributed by atoms with Crippen LogP contribution >= 0.6 is 0 Å². The third-order valence-corrected chi connectivity index (χ3v) is 3.40. The Morgan fingerprint density at radius 2 is 1.82 bits per heavy atom. The highest BCUT2D eigenvalue weighted by molar-refractivity contribution is 7.87. The third-order valence-electron chi connectivity index (χ3n) is 1.71. The van der Waals surface area contributed by atoms with Gasteiger partial charge in [0.25, 0.3) is 0 Å². The van der Waals surface area contributed by atoms with Crippen LogP contribution in [-0.2, 0) is 19.7 Å². The van der Waals surface area contributed by atoms with Gasteiger partial charge in [-0.2, -0.15) is 12.7 Å². The molecule has 0 radical (unpaired) electrons. The van der Waals surface area contributed by atoms with Crippen LogP contribution in [-0.4, -0.2) is 49.1 Å². The van der Waals surface area contributed by atoms with Gasteiger partial charge in [-0.1, -0.05) is 0 Å². The molecule has 0 spiro atoms. The van der Waals surface area contributed by atoms with Crippen LogP contribution in [0, 0.1) is 0 Å². The van der Waals surface area contributed by atoms with Gasteiger partial charge >= 0.3 is 22.3 Å². The average Bonchev–Trinajstić information content (AvgIpc) is 2.11. The van der Waals surface area contributed by atoms with Crippen molar-refractivity contribution in [2.24, 2.45) is 0 Å². The van der Waals surface area contributed by atoms with Crippen molar-refractivity contribution in [3.05, 3.63) is 0 Å². The number of methoxy groups -OCH3 is 1. The Balaban J connectivity index is 5.18. The molecule has 0 saturated heterocycles. The predicted molar refractivity (Wildman–Crippen MR) is 58.6 cm³/mol. The molecule has 0 heterocycles. The van der Waals surface area contributed by atoms with E-state index >= 15 is 0 Å². The van der Waals surface area contributed by atoms with E-state index < -0.39 is 34.4 Å². The van der Waals surface area contributed by atoms with Crippen LogP contribution in [0.5, 0.6) is 0 Å². The Morgan fingerprint density at radius 3 is 2.12 bits per heavy atom. The number of nitrogens with zero attached hydrogens (tertiary/aromatic N) is 1. The molecule has 0 aliphatic rings. The minimum absolute atomic E-state index is 0.652. The minimum atomic E-state index is -4.26. The number of amides is 1. The summed E-state index contributed by atoms with van der Waals surface area (Å²) >= 11 is 0. The van der Waals surface area contributed by atoms with Crippen LogP contribution in [0.2, 0.25) is 0 Å². The maximum atomic E-state index is 11.7. The second-order valence-corrected chi connectivity index (χ2v) is 5.76. The largest absolute Gasteiger partial charge is 0.480 e. The van der Waals surface area contributed by atoms with Gasteiger partial charge in [-0.15, -0.1) is 0 Å². The van der Waals surface area contributed by atoms with Crippen LogP contribution in [0.25, 0.3) is 0 Å². The maximum absolute atomic E-state index is 11.7. The van der Waals surface area contributed by atoms with E-state index in [4.69, 9.17) is 5.11 Å². The van der Waals surface area contributed by atoms with E-state index in [-0.39, 0.29) is 0 Å². The molecule has 0 saturated carbocycles. The Morgan fingerprint density at radius 1 is 1.35 bits per heavy atom. The van der Waals surface area contributed by atoms with Gasteiger partial charge in [-0.3, -0.25) is 4.79 Å². The van der Waals surface area contributed by atoms with Gasteiger partial charge in [0.15, 0.2) is 0 Å². The molecule has 9 heteroatoms. The molecule has 0 bridgehead atoms. The molecule has 0 aliphatic heterocycles. The molecular weight excluding hydrogens is 252 g/mol. The number of rotatable bonds is 4. The topological polar surface area (TPSA) is 113 Å². The summed E-state index contributed by atoms with van der Waals surface area (Å²) in [6, 6.07) is 0. The Labute approximate surface area is 99.7 Å². The molecule has 2 N–H and O–H groups in total. The first-order chi connectivity index (χ1) is 7.50. The number of carboxylic acids is 1. The second-order valence-electron chi connectivity index (χ2n) is 4.17. The Hall–Kier alpha value is -1.35. The normalized spacial score (nSPS) is 12.3. The lowest BCUT2D eigenvalue weighted by Crippen LogP contribution is -2.53. The summed E-state index contributed by atoms with van der Waals surface area (Å²) in [5.41, 5.74) is -0.988. The highest BCUT2D eigenvalue weighted by Crippen LogP contribution is 2.16. The first-order valence-electron chi connectivity index (χ1n) is 4.61. The van der Waals surface area contributed by atoms with E-state index in [9.17, 15) is 18.0 Å². The molecule has 0 unspecified atom stereocenters. The van der Waals surface area contributed by atoms with E-state index in [2.05, 4.69) is 4.74 Å². The standard InChI is InChI=1S/C8H16N2O6S/c1-8(2,3)10(5-6(11)12)17(14,15)9-7(13)16-4/h5H2,1-4H3,(H,9,13)(H,11,12). The number of hydrogen-bond acceptors (Lipinski definition) is 5. The lowest BCUT2D eigenvalue weighted by molar-refractivity contribution is -0.138. The molecule has 0 atom stereocenters. The summed E-state index contributed by atoms with van der Waals surface area (Å²) in [5, 5.41) is 8.65. The highest BCUT2D eigenvalue weighted by Gasteiger charge is 2.35. The fourth-order valence-electron chi connectivity index (χ4n) is 1.01. The van der Waals surface area contributed by atoms with Crippen LogP contribution in [0.4, 0.5) is 4.79 Å². The summed E-state index contributed by atoms with van der Waals surface area (Å²) < 4.78 is 29.9. The molecule has 0 aromatic rings. The van der Waals surface area contributed by atoms with Crippen molar-refractivity contribution in [3.8, 4) is 0 Å². The van der Waals surface area contributed by atoms with Crippen LogP contribution in [0.1, 0.15) is 20.8 Å². The molecule has 1 amide bonds. The molecule has 100 valence electrons. The molecule has 0 aliphatic carbocycles. The summed E-state index contributed by atoms with van der Waals surface area (Å²) in [6.45, 7) is 3.77. The van der Waals surface area contributed by atoms with Gasteiger partial charge in [0.2, 0.25) is 0 Å². The fourth-order valence-corrected chi connectivity index (χ4v) is 2.41. The van der Waals surface area contributed by atoms with Gasteiger partial charge in [0, 0.05) is 5.54 Å². The van der Waals surface area contributed by atoms with Gasteiger partial charge in [-0.25, -0.2) is 9.52 Å². The van der Waals surface area contributed by atoms with Crippen LogP contribution < -0.4 is 4.72 Å². The number of aliphatic carboxylic acids is 1. The van der Waals surface area contributed by atoms with Gasteiger partial charge in [0.1, 0.15) is 6.54 Å². The number of carboxylic acid groups (broad SMARTS) is 1. The van der Waals surface area contributed by atoms with Crippen LogP contribution in [0.15, 0.2) is 0 Å². The number of hydrogen-bond donors (Lipinski definition) is 2. The highest BCUT2D eigenvalue weighted by atomic mass is 32.2. The minimum Gasteiger partial charge on any atom is -0.480 e. The molecule has 0 aromatic heterocycles. The van der Waals surface area contributed by atoms with Crippen molar-refractivity contribution in [2.45, 2.75) is 26.3 Å². The van der Waals surface area contributed by atoms with Crippen molar-refractivity contribution in [3.63, 3.8) is 0 Å². The summed E-state index contributed by atoms with van der Waals surface area (Å²) in [4.78, 5) is 21.5. The lowest BCUT2D eigenvalue weighted by atomic mass is 10.1. The molecule has 17 heavy (non-hydrogen) atoms. The van der Waals surface area contributed by atoms with E-state index in [1.807, 2.05) is 0 Å². The van der Waals surface area contributed by atoms with Crippen molar-refractivity contribution in [1.82, 2.24) is 9.03 Å². The van der Waals surface area contributed by atoms with Gasteiger partial charge in [0.05, 0.1) is 7.11 Å². The van der Waals surface area contributed by atoms with Crippen molar-refractivity contribution < 1.29 is 27.9 Å². The van der Waals surface area contributed by atoms with Gasteiger partial charge in [-0.05, 0) is 20.8 Å². The smallest absolute Gasteiger partial charge is 0.421 e. The Bertz CT molecular complexity index is 397. The second kappa shape index (κ2) is 5.32. The monoisotopic (exact) mass is 268 g/mol. The zero-order valence-corrected chi connectivity index (χ0v) is 10.9. The number of ether oxygens (including phenoxy) is 1. The van der Waals surface area contributed by atoms with E-state index in [1.54, 1.807) is 4.72 Å². The predicted octanol–water partition coefficient (Wildman–Crippen LogP) is -0.228. The zero-order valence-electron chi connectivity index (χ0n) is 10.1. The third kappa shape index (κ3) is 5.00. The number of nitrogens with one attached hydrogen (secondary N) is 1. The SMILES string of the molecule is COC(=O)NS(=O)(=O)N(CC(=O)O)C(C)(C)C. The Kier molecular flexibility index (Phi) is 4.90. The van der Waals surface area contributed by atoms with Crippen molar-refractivity contribution in [1.29, 1.82) is 0 Å². The molecular formula is C8H16N2O6S. The summed E-state index contributed by atoms with van der Waals surface area (Å²) in [6.07, 6.45) is -1.18. The first-order valence-corrected chi connectivity index (χ1v) is 6.05. The maximum Gasteiger partial charge on any atom is 0.421 e. The number of carbonyl (C=O) groups excluding carboxylic acids is 1. The summed E-state index contributed by atoms with van der Waals surface area (Å²) in [7, 11) is -3.26. The van der Waals surface area contributed by atoms with Crippen LogP contribution in [0.3, 0.4) is 0 Å². The molecule has 0 aromatic carbocycles. The number of carbonyl (C=O) groups is 2. The van der Waals surface area contributed by atoms with Crippen molar-refractivity contribution in [2.75, 3.05) is 13.7 Å². The van der Waals surface area contributed by atoms with E-state index in [0.29, 0.717) is 4.31 Å². The van der Waals surface area contributed by atoms with E-state index in [0.717, 1.165) is 7.11 Å². The molecule has 0 fully saturated rings. The lowest BCUT2D eigenvalue weighted by Gasteiger charge is -2.32. The van der Waals surface area contributed by atoms with E-state index in [1.165, 1.54) is 20.8 Å². The van der Waals surface area contributed by atoms with Gasteiger partial charge < -0.3 is 9.84 Å². The fraction of sp³-hybridized carbons (Fsp3) is 0.750. The quantitative estimate of drug-likeness (QED) is 0.728. The molecule has 0 rings (SSSR count). The summed E-state index contributed by atoms with van der Waals surface area (Å²) in [5.74, 6) is -1.32. The average molecular weight is 268 g/mol.